The number of nitrogens with one attached hydrogen (secondary N) is 1. The molecule has 80 valence electrons. The molecule has 0 aliphatic rings. The lowest BCUT2D eigenvalue weighted by atomic mass is 10.2. The Hall–Kier alpha value is -2.50. The van der Waals surface area contributed by atoms with Crippen LogP contribution in [0.1, 0.15) is 10.4 Å². The minimum Gasteiger partial charge on any atom is -0.288 e. The van der Waals surface area contributed by atoms with E-state index in [0.29, 0.717) is 5.56 Å². The van der Waals surface area contributed by atoms with Gasteiger partial charge >= 0.3 is 0 Å². The van der Waals surface area contributed by atoms with E-state index in [-0.39, 0.29) is 11.9 Å². The van der Waals surface area contributed by atoms with E-state index in [1.54, 1.807) is 24.3 Å². The van der Waals surface area contributed by atoms with Crippen LogP contribution in [0, 0.1) is 0 Å². The Morgan fingerprint density at radius 3 is 2.75 bits per heavy atom. The van der Waals surface area contributed by atoms with Crippen LogP contribution in [0.4, 0.5) is 5.95 Å². The third-order valence-corrected chi connectivity index (χ3v) is 1.85. The van der Waals surface area contributed by atoms with Crippen LogP contribution in [-0.2, 0) is 0 Å². The normalized spacial score (nSPS) is 9.75. The van der Waals surface area contributed by atoms with Crippen LogP contribution >= 0.6 is 0 Å². The average Bonchev–Trinajstić information content (AvgIpc) is 2.78. The minimum atomic E-state index is -0.274. The highest BCUT2D eigenvalue weighted by Crippen LogP contribution is 2.02. The molecule has 0 spiro atoms. The molecule has 1 N–H and O–H groups in total. The third-order valence-electron chi connectivity index (χ3n) is 1.85. The van der Waals surface area contributed by atoms with Crippen LogP contribution in [0.25, 0.3) is 6.20 Å². The summed E-state index contributed by atoms with van der Waals surface area (Å²) in [6.07, 6.45) is 1.38. The number of carbonyl (C=O) groups is 1. The molecule has 1 amide bonds. The molecule has 0 saturated carbocycles. The van der Waals surface area contributed by atoms with Crippen molar-refractivity contribution in [1.82, 2.24) is 20.2 Å². The Bertz CT molecular complexity index is 505. The van der Waals surface area contributed by atoms with Gasteiger partial charge in [-0.05, 0) is 17.3 Å². The van der Waals surface area contributed by atoms with Gasteiger partial charge in [0.1, 0.15) is 0 Å². The first kappa shape index (κ1) is 10.0. The molecule has 0 bridgehead atoms. The summed E-state index contributed by atoms with van der Waals surface area (Å²) in [6, 6.07) is 8.80. The molecule has 0 saturated heterocycles. The smallest absolute Gasteiger partial charge is 0.270 e. The number of anilines is 1. The van der Waals surface area contributed by atoms with E-state index in [1.165, 1.54) is 11.0 Å². The van der Waals surface area contributed by atoms with Gasteiger partial charge in [0, 0.05) is 11.8 Å². The highest BCUT2D eigenvalue weighted by Gasteiger charge is 2.08. The molecular formula is C10H9N5O. The number of hydrogen-bond donors (Lipinski definition) is 1. The fraction of sp³-hybridized carbons (Fsp3) is 0. The van der Waals surface area contributed by atoms with E-state index in [0.717, 1.165) is 0 Å². The van der Waals surface area contributed by atoms with Crippen LogP contribution in [0.5, 0.6) is 0 Å². The maximum Gasteiger partial charge on any atom is 0.270 e. The van der Waals surface area contributed by atoms with Crippen molar-refractivity contribution in [3.8, 4) is 0 Å². The second-order valence-corrected chi connectivity index (χ2v) is 2.94. The fourth-order valence-corrected chi connectivity index (χ4v) is 1.12. The second-order valence-electron chi connectivity index (χ2n) is 2.94. The molecule has 0 radical (unpaired) electrons. The van der Waals surface area contributed by atoms with Crippen LogP contribution in [0.15, 0.2) is 36.9 Å². The maximum atomic E-state index is 11.7. The van der Waals surface area contributed by atoms with E-state index in [2.05, 4.69) is 27.3 Å². The van der Waals surface area contributed by atoms with Crippen molar-refractivity contribution in [2.24, 2.45) is 0 Å². The number of tetrazole rings is 1. The van der Waals surface area contributed by atoms with Crippen molar-refractivity contribution in [2.45, 2.75) is 0 Å². The fourth-order valence-electron chi connectivity index (χ4n) is 1.12. The summed E-state index contributed by atoms with van der Waals surface area (Å²) in [7, 11) is 0. The molecule has 6 heteroatoms. The molecule has 0 aliphatic carbocycles. The van der Waals surface area contributed by atoms with E-state index in [9.17, 15) is 4.79 Å². The number of hydrogen-bond acceptors (Lipinski definition) is 4. The van der Waals surface area contributed by atoms with Gasteiger partial charge in [-0.15, -0.1) is 9.90 Å². The minimum absolute atomic E-state index is 0.147. The highest BCUT2D eigenvalue weighted by atomic mass is 16.1. The van der Waals surface area contributed by atoms with Crippen molar-refractivity contribution in [1.29, 1.82) is 0 Å². The SMILES string of the molecule is C=Cn1nnc(NC(=O)c2ccccc2)n1. The molecule has 2 rings (SSSR count). The Labute approximate surface area is 91.6 Å². The van der Waals surface area contributed by atoms with Crippen LogP contribution in [0.3, 0.4) is 0 Å². The van der Waals surface area contributed by atoms with E-state index < -0.39 is 0 Å². The second kappa shape index (κ2) is 4.35. The van der Waals surface area contributed by atoms with Gasteiger partial charge in [-0.3, -0.25) is 10.1 Å². The first-order valence-corrected chi connectivity index (χ1v) is 4.58. The average molecular weight is 215 g/mol. The summed E-state index contributed by atoms with van der Waals surface area (Å²) < 4.78 is 0. The molecule has 0 unspecified atom stereocenters. The summed E-state index contributed by atoms with van der Waals surface area (Å²) in [4.78, 5) is 12.8. The largest absolute Gasteiger partial charge is 0.288 e. The van der Waals surface area contributed by atoms with Crippen LogP contribution in [-0.4, -0.2) is 26.1 Å². The number of carbonyl (C=O) groups excluding carboxylic acids is 1. The van der Waals surface area contributed by atoms with Gasteiger partial charge in [0.25, 0.3) is 11.9 Å². The first-order valence-electron chi connectivity index (χ1n) is 4.58. The Morgan fingerprint density at radius 1 is 1.38 bits per heavy atom. The lowest BCUT2D eigenvalue weighted by Gasteiger charge is -1.98. The molecule has 1 aromatic heterocycles. The zero-order valence-electron chi connectivity index (χ0n) is 8.37. The van der Waals surface area contributed by atoms with Crippen molar-refractivity contribution in [3.05, 3.63) is 42.5 Å². The molecule has 2 aromatic rings. The molecule has 0 atom stereocenters. The lowest BCUT2D eigenvalue weighted by Crippen LogP contribution is -2.12. The van der Waals surface area contributed by atoms with E-state index >= 15 is 0 Å². The van der Waals surface area contributed by atoms with E-state index in [1.807, 2.05) is 6.07 Å². The molecule has 16 heavy (non-hydrogen) atoms. The topological polar surface area (TPSA) is 72.7 Å². The zero-order chi connectivity index (χ0) is 11.4. The zero-order valence-corrected chi connectivity index (χ0v) is 8.37. The van der Waals surface area contributed by atoms with Crippen molar-refractivity contribution in [3.63, 3.8) is 0 Å². The number of aromatic nitrogens is 4. The van der Waals surface area contributed by atoms with Gasteiger partial charge in [-0.2, -0.15) is 0 Å². The third kappa shape index (κ3) is 2.11. The van der Waals surface area contributed by atoms with Gasteiger partial charge in [0.15, 0.2) is 0 Å². The van der Waals surface area contributed by atoms with Gasteiger partial charge in [0.05, 0.1) is 0 Å². The summed E-state index contributed by atoms with van der Waals surface area (Å²) >= 11 is 0. The molecular weight excluding hydrogens is 206 g/mol. The summed E-state index contributed by atoms with van der Waals surface area (Å²) in [5.74, 6) is -0.127. The number of benzene rings is 1. The molecule has 0 fully saturated rings. The van der Waals surface area contributed by atoms with E-state index in [4.69, 9.17) is 0 Å². The van der Waals surface area contributed by atoms with Gasteiger partial charge in [-0.25, -0.2) is 0 Å². The van der Waals surface area contributed by atoms with Gasteiger partial charge < -0.3 is 0 Å². The molecule has 1 heterocycles. The Kier molecular flexibility index (Phi) is 2.73. The van der Waals surface area contributed by atoms with Crippen molar-refractivity contribution < 1.29 is 4.79 Å². The number of amides is 1. The predicted octanol–water partition coefficient (Wildman–Crippen LogP) is 1.03. The highest BCUT2D eigenvalue weighted by molar-refractivity contribution is 6.03. The number of rotatable bonds is 3. The monoisotopic (exact) mass is 215 g/mol. The van der Waals surface area contributed by atoms with Crippen LogP contribution in [0.2, 0.25) is 0 Å². The Balaban J connectivity index is 2.11. The standard InChI is InChI=1S/C10H9N5O/c1-2-15-13-10(12-14-15)11-9(16)8-6-4-3-5-7-8/h2-7H,1H2,(H,11,13,16). The van der Waals surface area contributed by atoms with Crippen LogP contribution < -0.4 is 5.32 Å². The Morgan fingerprint density at radius 2 is 2.12 bits per heavy atom. The lowest BCUT2D eigenvalue weighted by molar-refractivity contribution is 0.102. The van der Waals surface area contributed by atoms with Crippen molar-refractivity contribution in [2.75, 3.05) is 5.32 Å². The quantitative estimate of drug-likeness (QED) is 0.829. The maximum absolute atomic E-state index is 11.7. The summed E-state index contributed by atoms with van der Waals surface area (Å²) in [5.41, 5.74) is 0.539. The van der Waals surface area contributed by atoms with Gasteiger partial charge in [0.2, 0.25) is 0 Å². The molecule has 6 nitrogen and oxygen atoms in total. The van der Waals surface area contributed by atoms with Crippen molar-refractivity contribution >= 4 is 18.1 Å². The molecule has 0 aliphatic heterocycles. The van der Waals surface area contributed by atoms with Gasteiger partial charge in [-0.1, -0.05) is 29.9 Å². The molecule has 1 aromatic carbocycles. The summed E-state index contributed by atoms with van der Waals surface area (Å²) in [5, 5.41) is 13.6. The first-order chi connectivity index (χ1) is 7.79. The predicted molar refractivity (Wildman–Crippen MR) is 58.6 cm³/mol. The number of nitrogens with zero attached hydrogens (tertiary/aromatic N) is 4. The summed E-state index contributed by atoms with van der Waals surface area (Å²) in [6.45, 7) is 3.47.